The average Bonchev–Trinajstić information content (AvgIpc) is 3.25. The topological polar surface area (TPSA) is 76.0 Å². The second-order valence-electron chi connectivity index (χ2n) is 4.83. The van der Waals surface area contributed by atoms with Crippen molar-refractivity contribution in [2.24, 2.45) is 0 Å². The van der Waals surface area contributed by atoms with Crippen LogP contribution < -0.4 is 10.6 Å². The smallest absolute Gasteiger partial charge is 0.261 e. The monoisotopic (exact) mass is 344 g/mol. The van der Waals surface area contributed by atoms with E-state index in [-0.39, 0.29) is 18.1 Å². The zero-order valence-electron chi connectivity index (χ0n) is 12.4. The molecule has 0 unspecified atom stereocenters. The minimum atomic E-state index is -0.415. The molecule has 0 aliphatic rings. The van der Waals surface area contributed by atoms with Crippen LogP contribution in [0.5, 0.6) is 0 Å². The fourth-order valence-electron chi connectivity index (χ4n) is 2.02. The van der Waals surface area contributed by atoms with Gasteiger partial charge in [0.1, 0.15) is 11.5 Å². The van der Waals surface area contributed by atoms with Crippen LogP contribution in [0.1, 0.15) is 9.67 Å². The molecular formula is C16H13FN4O2S. The molecule has 0 spiro atoms. The number of carbonyl (C=O) groups is 2. The Labute approximate surface area is 140 Å². The maximum atomic E-state index is 13.7. The van der Waals surface area contributed by atoms with Gasteiger partial charge in [0.05, 0.1) is 29.5 Å². The Morgan fingerprint density at radius 3 is 2.79 bits per heavy atom. The minimum Gasteiger partial charge on any atom is -0.342 e. The summed E-state index contributed by atoms with van der Waals surface area (Å²) in [6.45, 7) is -0.165. The van der Waals surface area contributed by atoms with Crippen LogP contribution in [0.15, 0.2) is 54.2 Å². The number of anilines is 1. The Bertz CT molecular complexity index is 861. The summed E-state index contributed by atoms with van der Waals surface area (Å²) >= 11 is 1.30. The van der Waals surface area contributed by atoms with Gasteiger partial charge in [0, 0.05) is 0 Å². The summed E-state index contributed by atoms with van der Waals surface area (Å²) in [7, 11) is 0. The molecule has 0 fully saturated rings. The van der Waals surface area contributed by atoms with Gasteiger partial charge in [0.15, 0.2) is 0 Å². The van der Waals surface area contributed by atoms with E-state index >= 15 is 0 Å². The molecule has 0 aliphatic carbocycles. The SMILES string of the molecule is O=C(CNC(=O)c1cccs1)Nc1cnn(-c2ccccc2F)c1. The van der Waals surface area contributed by atoms with Crippen molar-refractivity contribution < 1.29 is 14.0 Å². The lowest BCUT2D eigenvalue weighted by molar-refractivity contribution is -0.115. The van der Waals surface area contributed by atoms with Crippen molar-refractivity contribution in [2.75, 3.05) is 11.9 Å². The Morgan fingerprint density at radius 2 is 2.04 bits per heavy atom. The van der Waals surface area contributed by atoms with Gasteiger partial charge in [-0.1, -0.05) is 18.2 Å². The molecule has 24 heavy (non-hydrogen) atoms. The summed E-state index contributed by atoms with van der Waals surface area (Å²) in [4.78, 5) is 24.2. The number of para-hydroxylation sites is 1. The molecule has 2 aromatic heterocycles. The molecule has 2 N–H and O–H groups in total. The number of hydrogen-bond donors (Lipinski definition) is 2. The van der Waals surface area contributed by atoms with E-state index in [9.17, 15) is 14.0 Å². The molecule has 0 saturated carbocycles. The number of amides is 2. The first kappa shape index (κ1) is 15.9. The molecule has 0 saturated heterocycles. The lowest BCUT2D eigenvalue weighted by atomic mass is 10.3. The second kappa shape index (κ2) is 7.05. The summed E-state index contributed by atoms with van der Waals surface area (Å²) in [5, 5.41) is 10.9. The van der Waals surface area contributed by atoms with Gasteiger partial charge in [-0.05, 0) is 23.6 Å². The van der Waals surface area contributed by atoms with Crippen LogP contribution in [0.25, 0.3) is 5.69 Å². The molecule has 8 heteroatoms. The van der Waals surface area contributed by atoms with Crippen molar-refractivity contribution in [2.45, 2.75) is 0 Å². The Morgan fingerprint density at radius 1 is 1.21 bits per heavy atom. The highest BCUT2D eigenvalue weighted by Gasteiger charge is 2.10. The van der Waals surface area contributed by atoms with E-state index in [1.165, 1.54) is 34.5 Å². The third kappa shape index (κ3) is 3.66. The van der Waals surface area contributed by atoms with Gasteiger partial charge in [-0.3, -0.25) is 9.59 Å². The number of rotatable bonds is 5. The van der Waals surface area contributed by atoms with E-state index in [0.717, 1.165) is 0 Å². The van der Waals surface area contributed by atoms with Crippen molar-refractivity contribution in [3.05, 3.63) is 64.9 Å². The van der Waals surface area contributed by atoms with Crippen molar-refractivity contribution >= 4 is 28.8 Å². The normalized spacial score (nSPS) is 10.4. The van der Waals surface area contributed by atoms with Gasteiger partial charge in [0.25, 0.3) is 5.91 Å². The van der Waals surface area contributed by atoms with Gasteiger partial charge in [0.2, 0.25) is 5.91 Å². The van der Waals surface area contributed by atoms with E-state index in [4.69, 9.17) is 0 Å². The number of hydrogen-bond acceptors (Lipinski definition) is 4. The van der Waals surface area contributed by atoms with Crippen molar-refractivity contribution in [3.8, 4) is 5.69 Å². The van der Waals surface area contributed by atoms with Gasteiger partial charge >= 0.3 is 0 Å². The van der Waals surface area contributed by atoms with E-state index in [1.54, 1.807) is 35.7 Å². The van der Waals surface area contributed by atoms with Crippen molar-refractivity contribution in [1.29, 1.82) is 0 Å². The van der Waals surface area contributed by atoms with Gasteiger partial charge in [-0.15, -0.1) is 11.3 Å². The Balaban J connectivity index is 1.58. The van der Waals surface area contributed by atoms with Crippen LogP contribution in [0.2, 0.25) is 0 Å². The van der Waals surface area contributed by atoms with Crippen LogP contribution in [0.3, 0.4) is 0 Å². The standard InChI is InChI=1S/C16H13FN4O2S/c17-12-4-1-2-5-13(12)21-10-11(8-19-21)20-15(22)9-18-16(23)14-6-3-7-24-14/h1-8,10H,9H2,(H,18,23)(H,20,22). The summed E-state index contributed by atoms with van der Waals surface area (Å²) in [5.74, 6) is -1.11. The van der Waals surface area contributed by atoms with Gasteiger partial charge < -0.3 is 10.6 Å². The largest absolute Gasteiger partial charge is 0.342 e. The molecular weight excluding hydrogens is 331 g/mol. The minimum absolute atomic E-state index is 0.165. The highest BCUT2D eigenvalue weighted by Crippen LogP contribution is 2.14. The third-order valence-electron chi connectivity index (χ3n) is 3.12. The van der Waals surface area contributed by atoms with E-state index in [2.05, 4.69) is 15.7 Å². The summed E-state index contributed by atoms with van der Waals surface area (Å²) in [5.41, 5.74) is 0.692. The maximum absolute atomic E-state index is 13.7. The predicted molar refractivity (Wildman–Crippen MR) is 88.8 cm³/mol. The molecule has 6 nitrogen and oxygen atoms in total. The first-order valence-electron chi connectivity index (χ1n) is 7.04. The maximum Gasteiger partial charge on any atom is 0.261 e. The summed E-state index contributed by atoms with van der Waals surface area (Å²) in [6.07, 6.45) is 2.91. The Kier molecular flexibility index (Phi) is 4.66. The lowest BCUT2D eigenvalue weighted by Gasteiger charge is -2.04. The number of thiophene rings is 1. The first-order chi connectivity index (χ1) is 11.6. The van der Waals surface area contributed by atoms with E-state index < -0.39 is 11.7 Å². The highest BCUT2D eigenvalue weighted by molar-refractivity contribution is 7.12. The van der Waals surface area contributed by atoms with Crippen LogP contribution in [0, 0.1) is 5.82 Å². The highest BCUT2D eigenvalue weighted by atomic mass is 32.1. The fraction of sp³-hybridized carbons (Fsp3) is 0.0625. The Hall–Kier alpha value is -3.00. The van der Waals surface area contributed by atoms with Crippen LogP contribution in [0.4, 0.5) is 10.1 Å². The summed E-state index contributed by atoms with van der Waals surface area (Å²) < 4.78 is 15.0. The molecule has 3 aromatic rings. The predicted octanol–water partition coefficient (Wildman–Crippen LogP) is 2.44. The van der Waals surface area contributed by atoms with Crippen LogP contribution in [-0.2, 0) is 4.79 Å². The molecule has 2 heterocycles. The second-order valence-corrected chi connectivity index (χ2v) is 5.78. The molecule has 3 rings (SSSR count). The molecule has 0 radical (unpaired) electrons. The number of halogens is 1. The zero-order chi connectivity index (χ0) is 16.9. The number of nitrogens with one attached hydrogen (secondary N) is 2. The number of aromatic nitrogens is 2. The quantitative estimate of drug-likeness (QED) is 0.746. The fourth-order valence-corrected chi connectivity index (χ4v) is 2.66. The van der Waals surface area contributed by atoms with Gasteiger partial charge in [-0.25, -0.2) is 9.07 Å². The molecule has 0 bridgehead atoms. The van der Waals surface area contributed by atoms with Crippen molar-refractivity contribution in [3.63, 3.8) is 0 Å². The zero-order valence-corrected chi connectivity index (χ0v) is 13.2. The third-order valence-corrected chi connectivity index (χ3v) is 3.99. The molecule has 2 amide bonds. The number of benzene rings is 1. The van der Waals surface area contributed by atoms with E-state index in [0.29, 0.717) is 10.6 Å². The van der Waals surface area contributed by atoms with Gasteiger partial charge in [-0.2, -0.15) is 5.10 Å². The number of nitrogens with zero attached hydrogens (tertiary/aromatic N) is 2. The summed E-state index contributed by atoms with van der Waals surface area (Å²) in [6, 6.07) is 9.62. The van der Waals surface area contributed by atoms with Crippen molar-refractivity contribution in [1.82, 2.24) is 15.1 Å². The molecule has 1 aromatic carbocycles. The average molecular weight is 344 g/mol. The molecule has 122 valence electrons. The number of carbonyl (C=O) groups excluding carboxylic acids is 2. The first-order valence-corrected chi connectivity index (χ1v) is 7.92. The van der Waals surface area contributed by atoms with Crippen LogP contribution >= 0.6 is 11.3 Å². The molecule has 0 aliphatic heterocycles. The van der Waals surface area contributed by atoms with Crippen LogP contribution in [-0.4, -0.2) is 28.1 Å². The molecule has 0 atom stereocenters. The van der Waals surface area contributed by atoms with E-state index in [1.807, 2.05) is 0 Å². The lowest BCUT2D eigenvalue weighted by Crippen LogP contribution is -2.32.